The zero-order valence-electron chi connectivity index (χ0n) is 12.0. The highest BCUT2D eigenvalue weighted by Crippen LogP contribution is 2.23. The summed E-state index contributed by atoms with van der Waals surface area (Å²) in [6.45, 7) is 5.17. The second-order valence-electron chi connectivity index (χ2n) is 5.22. The average molecular weight is 263 g/mol. The molecule has 0 radical (unpaired) electrons. The summed E-state index contributed by atoms with van der Waals surface area (Å²) in [5.74, 6) is 0.898. The third-order valence-corrected chi connectivity index (χ3v) is 3.92. The van der Waals surface area contributed by atoms with Crippen LogP contribution >= 0.6 is 0 Å². The van der Waals surface area contributed by atoms with Gasteiger partial charge in [-0.15, -0.1) is 0 Å². The van der Waals surface area contributed by atoms with Gasteiger partial charge in [0.25, 0.3) is 0 Å². The Bertz CT molecular complexity index is 379. The lowest BCUT2D eigenvalue weighted by molar-refractivity contribution is 0.208. The molecule has 0 saturated carbocycles. The van der Waals surface area contributed by atoms with Crippen molar-refractivity contribution in [3.05, 3.63) is 29.8 Å². The summed E-state index contributed by atoms with van der Waals surface area (Å²) in [5.41, 5.74) is 7.29. The second kappa shape index (κ2) is 6.89. The zero-order valence-corrected chi connectivity index (χ0v) is 12.0. The van der Waals surface area contributed by atoms with Crippen LogP contribution in [-0.4, -0.2) is 56.7 Å². The molecule has 1 fully saturated rings. The number of methoxy groups -OCH3 is 1. The highest BCUT2D eigenvalue weighted by atomic mass is 16.5. The lowest BCUT2D eigenvalue weighted by Gasteiger charge is -2.30. The van der Waals surface area contributed by atoms with E-state index in [9.17, 15) is 0 Å². The first-order valence-electron chi connectivity index (χ1n) is 7.01. The Morgan fingerprint density at radius 3 is 2.53 bits per heavy atom. The topological polar surface area (TPSA) is 41.7 Å². The van der Waals surface area contributed by atoms with Crippen molar-refractivity contribution in [2.75, 3.05) is 46.9 Å². The van der Waals surface area contributed by atoms with Crippen LogP contribution in [-0.2, 0) is 0 Å². The lowest BCUT2D eigenvalue weighted by atomic mass is 10.0. The molecule has 0 amide bonds. The first kappa shape index (κ1) is 14.3. The highest BCUT2D eigenvalue weighted by molar-refractivity contribution is 5.29. The van der Waals surface area contributed by atoms with Gasteiger partial charge in [0.1, 0.15) is 5.75 Å². The molecule has 0 spiro atoms. The van der Waals surface area contributed by atoms with Crippen LogP contribution in [0.1, 0.15) is 18.0 Å². The van der Waals surface area contributed by atoms with Crippen molar-refractivity contribution in [2.24, 2.45) is 5.73 Å². The van der Waals surface area contributed by atoms with Crippen LogP contribution < -0.4 is 10.5 Å². The van der Waals surface area contributed by atoms with Gasteiger partial charge in [0, 0.05) is 32.2 Å². The molecule has 1 aliphatic heterocycles. The molecule has 19 heavy (non-hydrogen) atoms. The summed E-state index contributed by atoms with van der Waals surface area (Å²) in [6.07, 6.45) is 1.21. The average Bonchev–Trinajstić information content (AvgIpc) is 2.66. The van der Waals surface area contributed by atoms with Crippen LogP contribution in [0.4, 0.5) is 0 Å². The number of nitrogens with two attached hydrogens (primary N) is 1. The van der Waals surface area contributed by atoms with Gasteiger partial charge in [-0.05, 0) is 37.7 Å². The summed E-state index contributed by atoms with van der Waals surface area (Å²) in [6, 6.07) is 8.61. The van der Waals surface area contributed by atoms with Gasteiger partial charge in [0.2, 0.25) is 0 Å². The fourth-order valence-corrected chi connectivity index (χ4v) is 2.70. The maximum atomic E-state index is 6.01. The zero-order chi connectivity index (χ0) is 13.7. The van der Waals surface area contributed by atoms with E-state index in [0.717, 1.165) is 25.4 Å². The molecule has 0 aliphatic carbocycles. The maximum absolute atomic E-state index is 6.01. The van der Waals surface area contributed by atoms with Gasteiger partial charge in [0.05, 0.1) is 7.11 Å². The van der Waals surface area contributed by atoms with Crippen molar-refractivity contribution in [1.29, 1.82) is 0 Å². The normalized spacial score (nSPS) is 19.9. The molecular formula is C15H25N3O. The van der Waals surface area contributed by atoms with Gasteiger partial charge < -0.3 is 15.4 Å². The monoisotopic (exact) mass is 263 g/mol. The smallest absolute Gasteiger partial charge is 0.118 e. The van der Waals surface area contributed by atoms with E-state index in [0.29, 0.717) is 12.6 Å². The summed E-state index contributed by atoms with van der Waals surface area (Å²) in [5, 5.41) is 0. The minimum Gasteiger partial charge on any atom is -0.497 e. The second-order valence-corrected chi connectivity index (χ2v) is 5.22. The number of rotatable bonds is 4. The van der Waals surface area contributed by atoms with Gasteiger partial charge in [-0.3, -0.25) is 4.90 Å². The summed E-state index contributed by atoms with van der Waals surface area (Å²) >= 11 is 0. The molecule has 4 heteroatoms. The largest absolute Gasteiger partial charge is 0.497 e. The SMILES string of the molecule is COc1ccc(C(CN)N2CCCN(C)CC2)cc1. The molecule has 4 nitrogen and oxygen atoms in total. The van der Waals surface area contributed by atoms with E-state index in [1.54, 1.807) is 7.11 Å². The standard InChI is InChI=1S/C15H25N3O/c1-17-8-3-9-18(11-10-17)15(12-16)13-4-6-14(19-2)7-5-13/h4-7,15H,3,8-12,16H2,1-2H3. The maximum Gasteiger partial charge on any atom is 0.118 e. The van der Waals surface area contributed by atoms with Crippen LogP contribution in [0.3, 0.4) is 0 Å². The molecule has 1 heterocycles. The third-order valence-electron chi connectivity index (χ3n) is 3.92. The molecular weight excluding hydrogens is 238 g/mol. The van der Waals surface area contributed by atoms with Crippen molar-refractivity contribution < 1.29 is 4.74 Å². The minimum absolute atomic E-state index is 0.317. The molecule has 1 aromatic rings. The predicted octanol–water partition coefficient (Wildman–Crippen LogP) is 1.33. The lowest BCUT2D eigenvalue weighted by Crippen LogP contribution is -2.36. The Hall–Kier alpha value is -1.10. The number of ether oxygens (including phenoxy) is 1. The molecule has 0 aromatic heterocycles. The van der Waals surface area contributed by atoms with Crippen molar-refractivity contribution in [1.82, 2.24) is 9.80 Å². The van der Waals surface area contributed by atoms with E-state index in [4.69, 9.17) is 10.5 Å². The number of likely N-dealkylation sites (N-methyl/N-ethyl adjacent to an activating group) is 1. The van der Waals surface area contributed by atoms with Gasteiger partial charge in [-0.25, -0.2) is 0 Å². The first-order chi connectivity index (χ1) is 9.24. The Kier molecular flexibility index (Phi) is 5.19. The van der Waals surface area contributed by atoms with Crippen molar-refractivity contribution in [2.45, 2.75) is 12.5 Å². The quantitative estimate of drug-likeness (QED) is 0.890. The molecule has 2 N–H and O–H groups in total. The Morgan fingerprint density at radius 2 is 1.89 bits per heavy atom. The van der Waals surface area contributed by atoms with Gasteiger partial charge in [-0.2, -0.15) is 0 Å². The number of benzene rings is 1. The first-order valence-corrected chi connectivity index (χ1v) is 7.01. The Morgan fingerprint density at radius 1 is 1.16 bits per heavy atom. The van der Waals surface area contributed by atoms with Gasteiger partial charge in [0.15, 0.2) is 0 Å². The van der Waals surface area contributed by atoms with Crippen LogP contribution in [0.2, 0.25) is 0 Å². The molecule has 106 valence electrons. The van der Waals surface area contributed by atoms with Crippen LogP contribution in [0.15, 0.2) is 24.3 Å². The molecule has 1 atom stereocenters. The Balaban J connectivity index is 2.09. The number of hydrogen-bond donors (Lipinski definition) is 1. The number of hydrogen-bond acceptors (Lipinski definition) is 4. The van der Waals surface area contributed by atoms with E-state index < -0.39 is 0 Å². The molecule has 2 rings (SSSR count). The van der Waals surface area contributed by atoms with E-state index in [1.807, 2.05) is 12.1 Å². The summed E-state index contributed by atoms with van der Waals surface area (Å²) in [7, 11) is 3.88. The molecule has 1 unspecified atom stereocenters. The van der Waals surface area contributed by atoms with Crippen molar-refractivity contribution in [3.8, 4) is 5.75 Å². The van der Waals surface area contributed by atoms with Crippen LogP contribution in [0, 0.1) is 0 Å². The van der Waals surface area contributed by atoms with E-state index >= 15 is 0 Å². The van der Waals surface area contributed by atoms with Crippen molar-refractivity contribution in [3.63, 3.8) is 0 Å². The minimum atomic E-state index is 0.317. The molecule has 1 saturated heterocycles. The van der Waals surface area contributed by atoms with E-state index in [-0.39, 0.29) is 0 Å². The fourth-order valence-electron chi connectivity index (χ4n) is 2.70. The van der Waals surface area contributed by atoms with Crippen molar-refractivity contribution >= 4 is 0 Å². The third kappa shape index (κ3) is 3.69. The predicted molar refractivity (Wildman–Crippen MR) is 78.5 cm³/mol. The summed E-state index contributed by atoms with van der Waals surface area (Å²) in [4.78, 5) is 4.90. The highest BCUT2D eigenvalue weighted by Gasteiger charge is 2.21. The fraction of sp³-hybridized carbons (Fsp3) is 0.600. The van der Waals surface area contributed by atoms with Crippen LogP contribution in [0.5, 0.6) is 5.75 Å². The van der Waals surface area contributed by atoms with E-state index in [1.165, 1.54) is 18.5 Å². The summed E-state index contributed by atoms with van der Waals surface area (Å²) < 4.78 is 5.21. The number of nitrogens with zero attached hydrogens (tertiary/aromatic N) is 2. The van der Waals surface area contributed by atoms with Gasteiger partial charge >= 0.3 is 0 Å². The Labute approximate surface area is 116 Å². The van der Waals surface area contributed by atoms with Crippen LogP contribution in [0.25, 0.3) is 0 Å². The molecule has 0 bridgehead atoms. The molecule has 1 aromatic carbocycles. The van der Waals surface area contributed by atoms with Gasteiger partial charge in [-0.1, -0.05) is 12.1 Å². The molecule has 1 aliphatic rings. The van der Waals surface area contributed by atoms with E-state index in [2.05, 4.69) is 29.0 Å².